The molecule has 0 N–H and O–H groups in total. The van der Waals surface area contributed by atoms with Crippen LogP contribution in [0.1, 0.15) is 29.7 Å². The molecule has 134 valence electrons. The van der Waals surface area contributed by atoms with Crippen LogP contribution < -0.4 is 0 Å². The number of thioether (sulfide) groups is 1. The molecule has 0 spiro atoms. The van der Waals surface area contributed by atoms with Gasteiger partial charge in [-0.1, -0.05) is 11.8 Å². The predicted molar refractivity (Wildman–Crippen MR) is 99.0 cm³/mol. The largest absolute Gasteiger partial charge is 0.455 e. The van der Waals surface area contributed by atoms with Crippen molar-refractivity contribution in [2.45, 2.75) is 38.1 Å². The Morgan fingerprint density at radius 1 is 1.24 bits per heavy atom. The Bertz CT molecular complexity index is 785. The van der Waals surface area contributed by atoms with Crippen LogP contribution in [0.25, 0.3) is 10.2 Å². The van der Waals surface area contributed by atoms with Crippen LogP contribution >= 0.6 is 23.1 Å². The monoisotopic (exact) mass is 379 g/mol. The average Bonchev–Trinajstić information content (AvgIpc) is 2.93. The van der Waals surface area contributed by atoms with E-state index in [1.165, 1.54) is 23.0 Å². The van der Waals surface area contributed by atoms with Gasteiger partial charge in [-0.15, -0.1) is 11.3 Å². The molecule has 8 heteroatoms. The van der Waals surface area contributed by atoms with Crippen LogP contribution in [-0.4, -0.2) is 52.2 Å². The molecule has 0 unspecified atom stereocenters. The first-order valence-corrected chi connectivity index (χ1v) is 10.1. The lowest BCUT2D eigenvalue weighted by Crippen LogP contribution is -2.38. The van der Waals surface area contributed by atoms with E-state index in [1.807, 2.05) is 6.92 Å². The fraction of sp³-hybridized carbons (Fsp3) is 0.529. The zero-order valence-corrected chi connectivity index (χ0v) is 16.0. The summed E-state index contributed by atoms with van der Waals surface area (Å²) in [5, 5.41) is 1.79. The molecule has 0 aromatic carbocycles. The van der Waals surface area contributed by atoms with Crippen molar-refractivity contribution in [2.24, 2.45) is 0 Å². The molecule has 3 rings (SSSR count). The van der Waals surface area contributed by atoms with E-state index in [0.29, 0.717) is 0 Å². The van der Waals surface area contributed by atoms with Crippen molar-refractivity contribution in [1.82, 2.24) is 14.9 Å². The molecule has 1 saturated heterocycles. The number of thiophene rings is 1. The summed E-state index contributed by atoms with van der Waals surface area (Å²) in [5.41, 5.74) is 1.15. The number of hydrogen-bond acceptors (Lipinski definition) is 7. The summed E-state index contributed by atoms with van der Waals surface area (Å²) in [6.45, 7) is 5.45. The quantitative estimate of drug-likeness (QED) is 0.452. The minimum absolute atomic E-state index is 0.105. The van der Waals surface area contributed by atoms with Crippen LogP contribution in [-0.2, 0) is 14.3 Å². The highest BCUT2D eigenvalue weighted by molar-refractivity contribution is 8.00. The molecule has 2 aromatic heterocycles. The molecule has 0 radical (unpaired) electrons. The van der Waals surface area contributed by atoms with Gasteiger partial charge < -0.3 is 9.64 Å². The lowest BCUT2D eigenvalue weighted by molar-refractivity contribution is -0.150. The number of rotatable bonds is 5. The highest BCUT2D eigenvalue weighted by Crippen LogP contribution is 2.34. The normalized spacial score (nSPS) is 14.7. The highest BCUT2D eigenvalue weighted by Gasteiger charge is 2.19. The molecule has 1 aliphatic rings. The van der Waals surface area contributed by atoms with Crippen LogP contribution in [0.4, 0.5) is 0 Å². The third-order valence-corrected chi connectivity index (χ3v) is 6.40. The Kier molecular flexibility index (Phi) is 5.90. The Morgan fingerprint density at radius 3 is 2.76 bits per heavy atom. The summed E-state index contributed by atoms with van der Waals surface area (Å²) in [6, 6.07) is 0. The smallest absolute Gasteiger partial charge is 0.316 e. The molecule has 0 aliphatic carbocycles. The van der Waals surface area contributed by atoms with Gasteiger partial charge in [-0.2, -0.15) is 0 Å². The van der Waals surface area contributed by atoms with Gasteiger partial charge in [0, 0.05) is 23.4 Å². The maximum atomic E-state index is 12.0. The van der Waals surface area contributed by atoms with Crippen LogP contribution in [0.3, 0.4) is 0 Å². The van der Waals surface area contributed by atoms with Crippen molar-refractivity contribution in [3.8, 4) is 0 Å². The fourth-order valence-electron chi connectivity index (χ4n) is 2.81. The summed E-state index contributed by atoms with van der Waals surface area (Å²) in [4.78, 5) is 36.5. The van der Waals surface area contributed by atoms with Crippen molar-refractivity contribution >= 4 is 45.2 Å². The number of aromatic nitrogens is 2. The number of amides is 1. The van der Waals surface area contributed by atoms with E-state index < -0.39 is 5.97 Å². The Morgan fingerprint density at radius 2 is 2.00 bits per heavy atom. The number of fused-ring (bicyclic) bond motifs is 1. The first-order chi connectivity index (χ1) is 12.1. The molecular weight excluding hydrogens is 358 g/mol. The van der Waals surface area contributed by atoms with Crippen LogP contribution in [0.15, 0.2) is 11.4 Å². The first kappa shape index (κ1) is 18.1. The number of likely N-dealkylation sites (tertiary alicyclic amines) is 1. The number of piperidine rings is 1. The molecular formula is C17H21N3O3S2. The second-order valence-electron chi connectivity index (χ2n) is 6.03. The van der Waals surface area contributed by atoms with Crippen molar-refractivity contribution in [3.63, 3.8) is 0 Å². The molecule has 1 fully saturated rings. The van der Waals surface area contributed by atoms with Gasteiger partial charge in [-0.25, -0.2) is 9.97 Å². The number of hydrogen-bond donors (Lipinski definition) is 0. The van der Waals surface area contributed by atoms with Crippen LogP contribution in [0, 0.1) is 13.8 Å². The van der Waals surface area contributed by atoms with E-state index in [2.05, 4.69) is 16.9 Å². The van der Waals surface area contributed by atoms with E-state index in [4.69, 9.17) is 4.74 Å². The van der Waals surface area contributed by atoms with Gasteiger partial charge in [-0.05, 0) is 38.7 Å². The second kappa shape index (κ2) is 8.14. The van der Waals surface area contributed by atoms with Crippen LogP contribution in [0.5, 0.6) is 0 Å². The zero-order chi connectivity index (χ0) is 17.8. The SMILES string of the molecule is Cc1sc2ncnc(SCC(=O)OCC(=O)N3CCCCC3)c2c1C. The van der Waals surface area contributed by atoms with Gasteiger partial charge in [0.1, 0.15) is 16.2 Å². The number of carbonyl (C=O) groups excluding carboxylic acids is 2. The van der Waals surface area contributed by atoms with Gasteiger partial charge >= 0.3 is 5.97 Å². The van der Waals surface area contributed by atoms with Crippen molar-refractivity contribution in [1.29, 1.82) is 0 Å². The summed E-state index contributed by atoms with van der Waals surface area (Å²) in [7, 11) is 0. The van der Waals surface area contributed by atoms with E-state index in [1.54, 1.807) is 16.2 Å². The predicted octanol–water partition coefficient (Wildman–Crippen LogP) is 2.96. The molecule has 2 aromatic rings. The van der Waals surface area contributed by atoms with E-state index in [9.17, 15) is 9.59 Å². The molecule has 1 amide bonds. The number of ether oxygens (including phenoxy) is 1. The summed E-state index contributed by atoms with van der Waals surface area (Å²) in [6.07, 6.45) is 4.73. The van der Waals surface area contributed by atoms with Gasteiger partial charge in [0.25, 0.3) is 5.91 Å². The number of nitrogens with zero attached hydrogens (tertiary/aromatic N) is 3. The van der Waals surface area contributed by atoms with Crippen molar-refractivity contribution in [2.75, 3.05) is 25.4 Å². The average molecular weight is 380 g/mol. The Labute approximate surface area is 155 Å². The number of esters is 1. The van der Waals surface area contributed by atoms with Crippen LogP contribution in [0.2, 0.25) is 0 Å². The maximum Gasteiger partial charge on any atom is 0.316 e. The lowest BCUT2D eigenvalue weighted by Gasteiger charge is -2.26. The van der Waals surface area contributed by atoms with Gasteiger partial charge in [0.2, 0.25) is 0 Å². The van der Waals surface area contributed by atoms with E-state index in [0.717, 1.165) is 53.2 Å². The third-order valence-electron chi connectivity index (χ3n) is 4.32. The standard InChI is InChI=1S/C17H21N3O3S2/c1-11-12(2)25-17-15(11)16(18-10-19-17)24-9-14(22)23-8-13(21)20-6-4-3-5-7-20/h10H,3-9H2,1-2H3. The third kappa shape index (κ3) is 4.30. The fourth-order valence-corrected chi connectivity index (χ4v) is 4.72. The first-order valence-electron chi connectivity index (χ1n) is 8.33. The second-order valence-corrected chi connectivity index (χ2v) is 8.20. The van der Waals surface area contributed by atoms with Gasteiger partial charge in [-0.3, -0.25) is 9.59 Å². The maximum absolute atomic E-state index is 12.0. The number of carbonyl (C=O) groups is 2. The summed E-state index contributed by atoms with van der Waals surface area (Å²) in [5.74, 6) is -0.369. The molecule has 6 nitrogen and oxygen atoms in total. The Balaban J connectivity index is 1.53. The molecule has 0 atom stereocenters. The van der Waals surface area contributed by atoms with Gasteiger partial charge in [0.15, 0.2) is 6.61 Å². The topological polar surface area (TPSA) is 72.4 Å². The van der Waals surface area contributed by atoms with Gasteiger partial charge in [0.05, 0.1) is 5.75 Å². The van der Waals surface area contributed by atoms with Crippen molar-refractivity contribution < 1.29 is 14.3 Å². The van der Waals surface area contributed by atoms with E-state index >= 15 is 0 Å². The molecule has 0 bridgehead atoms. The molecule has 1 aliphatic heterocycles. The minimum Gasteiger partial charge on any atom is -0.455 e. The molecule has 3 heterocycles. The minimum atomic E-state index is -0.397. The van der Waals surface area contributed by atoms with Crippen molar-refractivity contribution in [3.05, 3.63) is 16.8 Å². The molecule has 25 heavy (non-hydrogen) atoms. The van der Waals surface area contributed by atoms with E-state index in [-0.39, 0.29) is 18.3 Å². The summed E-state index contributed by atoms with van der Waals surface area (Å²) < 4.78 is 5.13. The zero-order valence-electron chi connectivity index (χ0n) is 14.4. The summed E-state index contributed by atoms with van der Waals surface area (Å²) >= 11 is 2.96. The highest BCUT2D eigenvalue weighted by atomic mass is 32.2. The Hall–Kier alpha value is -1.67. The molecule has 0 saturated carbocycles. The lowest BCUT2D eigenvalue weighted by atomic mass is 10.1. The number of aryl methyl sites for hydroxylation is 2.